The number of hydrogen-bond donors (Lipinski definition) is 2. The summed E-state index contributed by atoms with van der Waals surface area (Å²) < 4.78 is 51.9. The van der Waals surface area contributed by atoms with Gasteiger partial charge in [0.05, 0.1) is 18.3 Å². The molecule has 1 aromatic carbocycles. The monoisotopic (exact) mass is 618 g/mol. The van der Waals surface area contributed by atoms with Crippen LogP contribution in [0.3, 0.4) is 0 Å². The molecule has 2 N–H and O–H groups in total. The average molecular weight is 619 g/mol. The van der Waals surface area contributed by atoms with E-state index in [4.69, 9.17) is 9.47 Å². The van der Waals surface area contributed by atoms with E-state index in [-0.39, 0.29) is 45.3 Å². The summed E-state index contributed by atoms with van der Waals surface area (Å²) in [5.74, 6) is -3.82. The van der Waals surface area contributed by atoms with Gasteiger partial charge in [-0.15, -0.1) is 6.58 Å². The molecule has 0 radical (unpaired) electrons. The summed E-state index contributed by atoms with van der Waals surface area (Å²) in [5.41, 5.74) is -0.541. The number of fused-ring (bicyclic) bond motifs is 1. The normalized spacial score (nSPS) is 29.5. The van der Waals surface area contributed by atoms with Gasteiger partial charge in [-0.1, -0.05) is 18.2 Å². The van der Waals surface area contributed by atoms with E-state index in [1.165, 1.54) is 17.0 Å². The van der Waals surface area contributed by atoms with Gasteiger partial charge in [-0.3, -0.25) is 28.8 Å². The first-order chi connectivity index (χ1) is 20.4. The molecule has 6 rings (SSSR count). The molecule has 2 aliphatic carbocycles. The summed E-state index contributed by atoms with van der Waals surface area (Å²) in [4.78, 5) is 67.4. The van der Waals surface area contributed by atoms with Gasteiger partial charge >= 0.3 is 12.1 Å². The highest BCUT2D eigenvalue weighted by molar-refractivity contribution is 7.91. The van der Waals surface area contributed by atoms with Crippen LogP contribution >= 0.6 is 0 Å². The molecule has 2 saturated carbocycles. The second-order valence-electron chi connectivity index (χ2n) is 11.7. The molecule has 2 saturated heterocycles. The quantitative estimate of drug-likeness (QED) is 0.313. The van der Waals surface area contributed by atoms with Crippen LogP contribution in [0.25, 0.3) is 0 Å². The van der Waals surface area contributed by atoms with E-state index in [9.17, 15) is 36.8 Å². The zero-order chi connectivity index (χ0) is 30.7. The number of likely N-dealkylation sites (tertiary alicyclic amines) is 1. The zero-order valence-corrected chi connectivity index (χ0v) is 23.9. The van der Waals surface area contributed by atoms with Crippen LogP contribution in [0.15, 0.2) is 30.9 Å². The molecule has 3 heterocycles. The van der Waals surface area contributed by atoms with Crippen LogP contribution in [-0.2, 0) is 51.8 Å². The summed E-state index contributed by atoms with van der Waals surface area (Å²) in [7, 11) is -3.89. The lowest BCUT2D eigenvalue weighted by molar-refractivity contribution is -0.154. The number of sulfonamides is 1. The van der Waals surface area contributed by atoms with Crippen LogP contribution in [-0.4, -0.2) is 83.6 Å². The van der Waals surface area contributed by atoms with Crippen molar-refractivity contribution in [3.8, 4) is 0 Å². The van der Waals surface area contributed by atoms with E-state index in [1.54, 1.807) is 12.1 Å². The van der Waals surface area contributed by atoms with Gasteiger partial charge in [0, 0.05) is 37.3 Å². The SMILES string of the molecule is C=C[C@@H]1C[C@]1(NC(=O)[C@@H]1C[C@@H](OC(=O)N2Cc3cccc(F)c3C2)CN1C(=O)[C@@H]1CCC(=O)O1)C(=O)NS(=O)(=O)C1CC1. The molecule has 3 aliphatic heterocycles. The number of carbonyl (C=O) groups is 5. The molecule has 0 bridgehead atoms. The number of nitrogens with zero attached hydrogens (tertiary/aromatic N) is 2. The smallest absolute Gasteiger partial charge is 0.410 e. The number of cyclic esters (lactones) is 1. The summed E-state index contributed by atoms with van der Waals surface area (Å²) in [5, 5.41) is 1.99. The van der Waals surface area contributed by atoms with Crippen molar-refractivity contribution in [2.45, 2.75) is 80.7 Å². The Morgan fingerprint density at radius 3 is 2.56 bits per heavy atom. The predicted molar refractivity (Wildman–Crippen MR) is 144 cm³/mol. The minimum atomic E-state index is -3.89. The van der Waals surface area contributed by atoms with Crippen molar-refractivity contribution in [2.75, 3.05) is 6.54 Å². The minimum Gasteiger partial charge on any atom is -0.452 e. The van der Waals surface area contributed by atoms with Gasteiger partial charge in [0.15, 0.2) is 6.10 Å². The highest BCUT2D eigenvalue weighted by atomic mass is 32.2. The molecule has 43 heavy (non-hydrogen) atoms. The van der Waals surface area contributed by atoms with Crippen LogP contribution < -0.4 is 10.0 Å². The minimum absolute atomic E-state index is 0.00246. The number of esters is 1. The Balaban J connectivity index is 1.17. The molecule has 230 valence electrons. The van der Waals surface area contributed by atoms with Gasteiger partial charge in [-0.05, 0) is 30.9 Å². The average Bonchev–Trinajstić information content (AvgIpc) is 3.78. The number of benzene rings is 1. The number of ether oxygens (including phenoxy) is 2. The van der Waals surface area contributed by atoms with Crippen molar-refractivity contribution in [3.05, 3.63) is 47.8 Å². The standard InChI is InChI=1S/C28H31FN4O9S/c1-2-16-11-28(16,26(37)31-43(39,40)18-6-7-18)30-24(35)21-10-17(13-33(21)25(36)22-8-9-23(34)42-22)41-27(38)32-12-15-4-3-5-20(29)19(15)14-32/h2-5,16-18,21-22H,1,6-14H2,(H,30,35)(H,31,37)/t16-,17-,21+,22+,28-/m1/s1. The van der Waals surface area contributed by atoms with Crippen molar-refractivity contribution in [2.24, 2.45) is 5.92 Å². The van der Waals surface area contributed by atoms with Crippen LogP contribution in [0.1, 0.15) is 49.7 Å². The Hall–Kier alpha value is -4.01. The summed E-state index contributed by atoms with van der Waals surface area (Å²) in [6.07, 6.45) is -0.345. The van der Waals surface area contributed by atoms with Crippen LogP contribution in [0, 0.1) is 11.7 Å². The third-order valence-corrected chi connectivity index (χ3v) is 10.5. The van der Waals surface area contributed by atoms with E-state index in [1.807, 2.05) is 0 Å². The number of carbonyl (C=O) groups excluding carboxylic acids is 5. The van der Waals surface area contributed by atoms with Gasteiger partial charge in [0.25, 0.3) is 11.8 Å². The second kappa shape index (κ2) is 10.6. The molecule has 15 heteroatoms. The van der Waals surface area contributed by atoms with Gasteiger partial charge in [0.2, 0.25) is 15.9 Å². The van der Waals surface area contributed by atoms with Crippen molar-refractivity contribution in [3.63, 3.8) is 0 Å². The highest BCUT2D eigenvalue weighted by Crippen LogP contribution is 2.45. The first-order valence-corrected chi connectivity index (χ1v) is 15.7. The molecule has 1 aromatic rings. The zero-order valence-electron chi connectivity index (χ0n) is 23.1. The van der Waals surface area contributed by atoms with Crippen molar-refractivity contribution >= 4 is 39.8 Å². The lowest BCUT2D eigenvalue weighted by Crippen LogP contribution is -2.57. The van der Waals surface area contributed by atoms with Crippen molar-refractivity contribution in [1.29, 1.82) is 0 Å². The first-order valence-electron chi connectivity index (χ1n) is 14.1. The third kappa shape index (κ3) is 5.45. The summed E-state index contributed by atoms with van der Waals surface area (Å²) >= 11 is 0. The van der Waals surface area contributed by atoms with Gasteiger partial charge in [-0.25, -0.2) is 17.6 Å². The Labute approximate surface area is 246 Å². The third-order valence-electron chi connectivity index (χ3n) is 8.71. The molecule has 4 amide bonds. The Bertz CT molecular complexity index is 1530. The maximum atomic E-state index is 14.2. The van der Waals surface area contributed by atoms with E-state index in [2.05, 4.69) is 16.6 Å². The molecule has 0 aromatic heterocycles. The largest absolute Gasteiger partial charge is 0.452 e. The van der Waals surface area contributed by atoms with E-state index in [0.29, 0.717) is 24.0 Å². The number of rotatable bonds is 8. The fourth-order valence-electron chi connectivity index (χ4n) is 6.01. The first kappa shape index (κ1) is 29.1. The fourth-order valence-corrected chi connectivity index (χ4v) is 7.37. The summed E-state index contributed by atoms with van der Waals surface area (Å²) in [6, 6.07) is 3.35. The molecule has 0 unspecified atom stereocenters. The van der Waals surface area contributed by atoms with Gasteiger partial charge < -0.3 is 19.7 Å². The lowest BCUT2D eigenvalue weighted by Gasteiger charge is -2.27. The maximum Gasteiger partial charge on any atom is 0.410 e. The van der Waals surface area contributed by atoms with E-state index in [0.717, 1.165) is 4.90 Å². The Kier molecular flexibility index (Phi) is 7.18. The molecular formula is C28H31FN4O9S. The maximum absolute atomic E-state index is 14.2. The van der Waals surface area contributed by atoms with E-state index >= 15 is 0 Å². The molecule has 13 nitrogen and oxygen atoms in total. The Morgan fingerprint density at radius 2 is 1.93 bits per heavy atom. The number of amides is 4. The Morgan fingerprint density at radius 1 is 1.16 bits per heavy atom. The molecule has 5 aliphatic rings. The number of nitrogens with one attached hydrogen (secondary N) is 2. The van der Waals surface area contributed by atoms with Crippen LogP contribution in [0.5, 0.6) is 0 Å². The number of hydrogen-bond acceptors (Lipinski definition) is 9. The van der Waals surface area contributed by atoms with Gasteiger partial charge in [0.1, 0.15) is 23.5 Å². The second-order valence-corrected chi connectivity index (χ2v) is 13.6. The van der Waals surface area contributed by atoms with E-state index < -0.39 is 80.6 Å². The molecular weight excluding hydrogens is 587 g/mol. The number of halogens is 1. The van der Waals surface area contributed by atoms with Gasteiger partial charge in [-0.2, -0.15) is 0 Å². The lowest BCUT2D eigenvalue weighted by atomic mass is 10.1. The highest BCUT2D eigenvalue weighted by Gasteiger charge is 2.62. The molecule has 5 atom stereocenters. The fraction of sp³-hybridized carbons (Fsp3) is 0.536. The van der Waals surface area contributed by atoms with Crippen LogP contribution in [0.4, 0.5) is 9.18 Å². The topological polar surface area (TPSA) is 168 Å². The van der Waals surface area contributed by atoms with Crippen molar-refractivity contribution in [1.82, 2.24) is 19.8 Å². The predicted octanol–water partition coefficient (Wildman–Crippen LogP) is 0.622. The van der Waals surface area contributed by atoms with Crippen molar-refractivity contribution < 1.29 is 46.3 Å². The molecule has 4 fully saturated rings. The summed E-state index contributed by atoms with van der Waals surface area (Å²) in [6.45, 7) is 3.62. The van der Waals surface area contributed by atoms with Crippen LogP contribution in [0.2, 0.25) is 0 Å². The molecule has 0 spiro atoms.